The molecular weight excluding hydrogens is 314 g/mol. The maximum absolute atomic E-state index is 6.24. The van der Waals surface area contributed by atoms with Crippen LogP contribution in [0.4, 0.5) is 5.69 Å². The van der Waals surface area contributed by atoms with Gasteiger partial charge >= 0.3 is 0 Å². The molecule has 1 saturated heterocycles. The summed E-state index contributed by atoms with van der Waals surface area (Å²) in [4.78, 5) is 8.23. The van der Waals surface area contributed by atoms with Crippen LogP contribution in [0, 0.1) is 5.92 Å². The number of thiocarbonyl (C=S) groups is 1. The van der Waals surface area contributed by atoms with Crippen molar-refractivity contribution in [2.75, 3.05) is 18.4 Å². The van der Waals surface area contributed by atoms with Gasteiger partial charge in [0.2, 0.25) is 0 Å². The molecule has 118 valence electrons. The van der Waals surface area contributed by atoms with Crippen LogP contribution in [-0.2, 0) is 0 Å². The van der Waals surface area contributed by atoms with Crippen molar-refractivity contribution in [3.63, 3.8) is 0 Å². The lowest BCUT2D eigenvalue weighted by Crippen LogP contribution is -2.37. The van der Waals surface area contributed by atoms with Gasteiger partial charge in [-0.1, -0.05) is 37.7 Å². The second kappa shape index (κ2) is 6.55. The number of rotatable bonds is 1. The minimum absolute atomic E-state index is 0.0121. The monoisotopic (exact) mass is 335 g/mol. The van der Waals surface area contributed by atoms with Gasteiger partial charge in [0.25, 0.3) is 0 Å². The van der Waals surface area contributed by atoms with Crippen molar-refractivity contribution in [1.29, 1.82) is 0 Å². The highest BCUT2D eigenvalue weighted by molar-refractivity contribution is 7.80. The molecule has 0 aliphatic carbocycles. The van der Waals surface area contributed by atoms with Crippen LogP contribution in [0.25, 0.3) is 0 Å². The maximum Gasteiger partial charge on any atom is 0.133 e. The van der Waals surface area contributed by atoms with Gasteiger partial charge in [0, 0.05) is 23.7 Å². The van der Waals surface area contributed by atoms with Crippen LogP contribution in [0.3, 0.4) is 0 Å². The van der Waals surface area contributed by atoms with Crippen molar-refractivity contribution in [3.8, 4) is 0 Å². The molecule has 2 heterocycles. The van der Waals surface area contributed by atoms with Gasteiger partial charge in [-0.05, 0) is 43.4 Å². The van der Waals surface area contributed by atoms with E-state index in [9.17, 15) is 0 Å². The highest BCUT2D eigenvalue weighted by atomic mass is 35.5. The van der Waals surface area contributed by atoms with E-state index in [1.165, 1.54) is 19.3 Å². The summed E-state index contributed by atoms with van der Waals surface area (Å²) >= 11 is 11.8. The highest BCUT2D eigenvalue weighted by Gasteiger charge is 2.28. The lowest BCUT2D eigenvalue weighted by Gasteiger charge is -2.31. The zero-order valence-corrected chi connectivity index (χ0v) is 14.7. The number of hydrogen-bond acceptors (Lipinski definition) is 3. The Morgan fingerprint density at radius 3 is 2.68 bits per heavy atom. The van der Waals surface area contributed by atoms with Crippen LogP contribution in [0.5, 0.6) is 0 Å². The van der Waals surface area contributed by atoms with Gasteiger partial charge in [-0.2, -0.15) is 0 Å². The van der Waals surface area contributed by atoms with Crippen LogP contribution in [-0.4, -0.2) is 34.9 Å². The molecule has 3 nitrogen and oxygen atoms in total. The molecule has 0 unspecified atom stereocenters. The number of benzodiazepines with no additional fused rings is 1. The Morgan fingerprint density at radius 1 is 1.27 bits per heavy atom. The number of hydrogen-bond donors (Lipinski definition) is 1. The summed E-state index contributed by atoms with van der Waals surface area (Å²) in [6.07, 6.45) is 3.74. The number of halogens is 1. The molecule has 0 radical (unpaired) electrons. The molecule has 1 N–H and O–H groups in total. The van der Waals surface area contributed by atoms with Crippen molar-refractivity contribution >= 4 is 40.3 Å². The number of likely N-dealkylation sites (tertiary alicyclic amines) is 1. The van der Waals surface area contributed by atoms with Gasteiger partial charge in [0.1, 0.15) is 16.9 Å². The molecule has 1 aromatic carbocycles. The van der Waals surface area contributed by atoms with E-state index in [0.717, 1.165) is 40.2 Å². The van der Waals surface area contributed by atoms with Gasteiger partial charge < -0.3 is 10.2 Å². The Bertz CT molecular complexity index is 606. The van der Waals surface area contributed by atoms with Crippen molar-refractivity contribution < 1.29 is 0 Å². The average Bonchev–Trinajstić information content (AvgIpc) is 2.64. The van der Waals surface area contributed by atoms with E-state index >= 15 is 0 Å². The van der Waals surface area contributed by atoms with E-state index in [-0.39, 0.29) is 6.04 Å². The fraction of sp³-hybridized carbons (Fsp3) is 0.529. The van der Waals surface area contributed by atoms with Gasteiger partial charge in [0.05, 0.1) is 5.69 Å². The molecule has 0 amide bonds. The third-order valence-corrected chi connectivity index (χ3v) is 4.88. The Balaban J connectivity index is 2.09. The van der Waals surface area contributed by atoms with E-state index in [0.29, 0.717) is 5.92 Å². The summed E-state index contributed by atoms with van der Waals surface area (Å²) in [6, 6.07) is 5.92. The molecule has 2 aliphatic heterocycles. The predicted molar refractivity (Wildman–Crippen MR) is 98.3 cm³/mol. The number of anilines is 1. The second-order valence-electron chi connectivity index (χ2n) is 6.37. The van der Waals surface area contributed by atoms with Crippen LogP contribution >= 0.6 is 23.8 Å². The van der Waals surface area contributed by atoms with Crippen molar-refractivity contribution in [3.05, 3.63) is 28.8 Å². The molecule has 3 rings (SSSR count). The summed E-state index contributed by atoms with van der Waals surface area (Å²) in [5.74, 6) is 1.41. The summed E-state index contributed by atoms with van der Waals surface area (Å²) < 4.78 is 0. The van der Waals surface area contributed by atoms with E-state index in [1.807, 2.05) is 18.2 Å². The predicted octanol–water partition coefficient (Wildman–Crippen LogP) is 4.35. The molecule has 0 spiro atoms. The van der Waals surface area contributed by atoms with Gasteiger partial charge in [-0.3, -0.25) is 4.99 Å². The Morgan fingerprint density at radius 2 is 2.00 bits per heavy atom. The van der Waals surface area contributed by atoms with Gasteiger partial charge in [-0.25, -0.2) is 0 Å². The van der Waals surface area contributed by atoms with Crippen LogP contribution in [0.15, 0.2) is 23.2 Å². The van der Waals surface area contributed by atoms with Crippen LogP contribution in [0.1, 0.15) is 38.7 Å². The summed E-state index contributed by atoms with van der Waals surface area (Å²) in [6.45, 7) is 6.45. The SMILES string of the molecule is CC(C)[C@@H]1N=C(N2CCCCC2)c2cc(Cl)ccc2NC1=S. The fourth-order valence-corrected chi connectivity index (χ4v) is 3.69. The zero-order valence-electron chi connectivity index (χ0n) is 13.1. The van der Waals surface area contributed by atoms with Crippen LogP contribution in [0.2, 0.25) is 5.02 Å². The molecule has 0 saturated carbocycles. The van der Waals surface area contributed by atoms with Crippen LogP contribution < -0.4 is 5.32 Å². The first-order valence-electron chi connectivity index (χ1n) is 8.00. The maximum atomic E-state index is 6.24. The molecule has 1 aromatic rings. The first-order chi connectivity index (χ1) is 10.6. The minimum atomic E-state index is 0.0121. The molecular formula is C17H22ClN3S. The largest absolute Gasteiger partial charge is 0.356 e. The Hall–Kier alpha value is -1.13. The molecule has 2 aliphatic rings. The number of benzene rings is 1. The number of piperidine rings is 1. The normalized spacial score (nSPS) is 22.0. The molecule has 0 bridgehead atoms. The van der Waals surface area contributed by atoms with E-state index < -0.39 is 0 Å². The van der Waals surface area contributed by atoms with E-state index in [1.54, 1.807) is 0 Å². The van der Waals surface area contributed by atoms with Crippen molar-refractivity contribution in [1.82, 2.24) is 4.90 Å². The van der Waals surface area contributed by atoms with E-state index in [2.05, 4.69) is 24.1 Å². The lowest BCUT2D eigenvalue weighted by atomic mass is 10.1. The van der Waals surface area contributed by atoms with Gasteiger partial charge in [0.15, 0.2) is 0 Å². The first-order valence-corrected chi connectivity index (χ1v) is 8.78. The summed E-state index contributed by atoms with van der Waals surface area (Å²) in [5.41, 5.74) is 2.08. The molecule has 1 atom stereocenters. The smallest absolute Gasteiger partial charge is 0.133 e. The number of fused-ring (bicyclic) bond motifs is 1. The lowest BCUT2D eigenvalue weighted by molar-refractivity contribution is 0.340. The van der Waals surface area contributed by atoms with E-state index in [4.69, 9.17) is 28.8 Å². The fourth-order valence-electron chi connectivity index (χ4n) is 3.09. The topological polar surface area (TPSA) is 27.6 Å². The molecule has 0 aromatic heterocycles. The average molecular weight is 336 g/mol. The van der Waals surface area contributed by atoms with Crippen molar-refractivity contribution in [2.45, 2.75) is 39.2 Å². The third kappa shape index (κ3) is 3.13. The third-order valence-electron chi connectivity index (χ3n) is 4.30. The highest BCUT2D eigenvalue weighted by Crippen LogP contribution is 2.28. The molecule has 5 heteroatoms. The Labute approximate surface area is 142 Å². The molecule has 22 heavy (non-hydrogen) atoms. The van der Waals surface area contributed by atoms with Crippen molar-refractivity contribution in [2.24, 2.45) is 10.9 Å². The summed E-state index contributed by atoms with van der Waals surface area (Å²) in [5, 5.41) is 4.12. The minimum Gasteiger partial charge on any atom is -0.356 e. The zero-order chi connectivity index (χ0) is 15.7. The van der Waals surface area contributed by atoms with Gasteiger partial charge in [-0.15, -0.1) is 0 Å². The molecule has 1 fully saturated rings. The first kappa shape index (κ1) is 15.8. The number of amidine groups is 1. The summed E-state index contributed by atoms with van der Waals surface area (Å²) in [7, 11) is 0. The number of nitrogens with one attached hydrogen (secondary N) is 1. The Kier molecular flexibility index (Phi) is 4.69. The second-order valence-corrected chi connectivity index (χ2v) is 7.24. The quantitative estimate of drug-likeness (QED) is 0.773. The number of nitrogens with zero attached hydrogens (tertiary/aromatic N) is 2. The number of aliphatic imine (C=N–C) groups is 1. The standard InChI is InChI=1S/C17H22ClN3S/c1-11(2)15-17(22)19-14-7-6-12(18)10-13(14)16(20-15)21-8-4-3-5-9-21/h6-7,10-11,15H,3-5,8-9H2,1-2H3,(H,19,22)/t15-/m0/s1.